The van der Waals surface area contributed by atoms with Gasteiger partial charge in [-0.3, -0.25) is 4.98 Å². The average molecular weight is 450 g/mol. The van der Waals surface area contributed by atoms with E-state index in [1.54, 1.807) is 17.6 Å². The van der Waals surface area contributed by atoms with E-state index in [1.807, 2.05) is 12.3 Å². The molecule has 2 atom stereocenters. The first-order valence-electron chi connectivity index (χ1n) is 11.3. The van der Waals surface area contributed by atoms with E-state index in [9.17, 15) is 10.2 Å². The molecule has 0 fully saturated rings. The van der Waals surface area contributed by atoms with Gasteiger partial charge in [0, 0.05) is 18.3 Å². The van der Waals surface area contributed by atoms with Gasteiger partial charge in [0.25, 0.3) is 0 Å². The van der Waals surface area contributed by atoms with Crippen molar-refractivity contribution in [3.8, 4) is 0 Å². The van der Waals surface area contributed by atoms with Crippen molar-refractivity contribution in [2.24, 2.45) is 0 Å². The molecule has 9 nitrogen and oxygen atoms in total. The van der Waals surface area contributed by atoms with E-state index in [2.05, 4.69) is 68.8 Å². The maximum atomic E-state index is 9.90. The maximum Gasteiger partial charge on any atom is 0.229 e. The van der Waals surface area contributed by atoms with Crippen LogP contribution in [0.4, 0.5) is 11.9 Å². The summed E-state index contributed by atoms with van der Waals surface area (Å²) in [7, 11) is 0. The molecule has 0 aromatic carbocycles. The van der Waals surface area contributed by atoms with E-state index in [-0.39, 0.29) is 12.5 Å². The first-order valence-corrected chi connectivity index (χ1v) is 11.3. The molecule has 33 heavy (non-hydrogen) atoms. The van der Waals surface area contributed by atoms with Gasteiger partial charge in [-0.2, -0.15) is 19.6 Å². The monoisotopic (exact) mass is 449 g/mol. The minimum Gasteiger partial charge on any atom is -0.394 e. The van der Waals surface area contributed by atoms with Gasteiger partial charge >= 0.3 is 0 Å². The van der Waals surface area contributed by atoms with Gasteiger partial charge in [0.1, 0.15) is 0 Å². The predicted octanol–water partition coefficient (Wildman–Crippen LogP) is 3.14. The van der Waals surface area contributed by atoms with Crippen molar-refractivity contribution in [3.63, 3.8) is 0 Å². The van der Waals surface area contributed by atoms with Crippen LogP contribution in [0.2, 0.25) is 0 Å². The van der Waals surface area contributed by atoms with Crippen LogP contribution < -0.4 is 10.6 Å². The van der Waals surface area contributed by atoms with E-state index in [1.165, 1.54) is 5.57 Å². The molecule has 0 amide bonds. The van der Waals surface area contributed by atoms with Gasteiger partial charge < -0.3 is 20.8 Å². The SMILES string of the molecule is CC(C)c1cnn2c(NCc3ccc(C4=CC=CCC4)nc3)nc(N[C@@H](CO)[C@H](C)O)nc12. The molecule has 3 aromatic heterocycles. The minimum atomic E-state index is -0.764. The molecule has 4 rings (SSSR count). The van der Waals surface area contributed by atoms with E-state index in [0.717, 1.165) is 29.7 Å². The van der Waals surface area contributed by atoms with E-state index < -0.39 is 12.1 Å². The normalized spacial score (nSPS) is 15.5. The second-order valence-electron chi connectivity index (χ2n) is 8.60. The van der Waals surface area contributed by atoms with Gasteiger partial charge in [-0.25, -0.2) is 0 Å². The smallest absolute Gasteiger partial charge is 0.229 e. The van der Waals surface area contributed by atoms with Crippen LogP contribution >= 0.6 is 0 Å². The number of anilines is 2. The highest BCUT2D eigenvalue weighted by atomic mass is 16.3. The maximum absolute atomic E-state index is 9.90. The molecule has 0 bridgehead atoms. The lowest BCUT2D eigenvalue weighted by Crippen LogP contribution is -2.35. The number of pyridine rings is 1. The lowest BCUT2D eigenvalue weighted by atomic mass is 10.0. The Morgan fingerprint density at radius 1 is 1.15 bits per heavy atom. The third-order valence-corrected chi connectivity index (χ3v) is 5.73. The highest BCUT2D eigenvalue weighted by molar-refractivity contribution is 5.65. The van der Waals surface area contributed by atoms with Crippen LogP contribution in [0.5, 0.6) is 0 Å². The van der Waals surface area contributed by atoms with Crippen LogP contribution in [-0.2, 0) is 6.54 Å². The Morgan fingerprint density at radius 2 is 2.00 bits per heavy atom. The zero-order chi connectivity index (χ0) is 23.4. The van der Waals surface area contributed by atoms with E-state index in [0.29, 0.717) is 24.1 Å². The summed E-state index contributed by atoms with van der Waals surface area (Å²) in [6.07, 6.45) is 11.3. The molecule has 4 N–H and O–H groups in total. The molecular weight excluding hydrogens is 418 g/mol. The molecule has 3 heterocycles. The van der Waals surface area contributed by atoms with Gasteiger partial charge in [0.2, 0.25) is 11.9 Å². The predicted molar refractivity (Wildman–Crippen MR) is 129 cm³/mol. The number of hydrogen-bond donors (Lipinski definition) is 4. The Labute approximate surface area is 193 Å². The molecule has 3 aromatic rings. The number of fused-ring (bicyclic) bond motifs is 1. The second-order valence-corrected chi connectivity index (χ2v) is 8.60. The second kappa shape index (κ2) is 10.1. The van der Waals surface area contributed by atoms with E-state index in [4.69, 9.17) is 0 Å². The molecular formula is C24H31N7O2. The number of aromatic nitrogens is 5. The number of allylic oxidation sites excluding steroid dienone is 4. The number of nitrogens with zero attached hydrogens (tertiary/aromatic N) is 5. The summed E-state index contributed by atoms with van der Waals surface area (Å²) in [6.45, 7) is 6.04. The fourth-order valence-corrected chi connectivity index (χ4v) is 3.68. The van der Waals surface area contributed by atoms with Gasteiger partial charge in [0.15, 0.2) is 5.65 Å². The van der Waals surface area contributed by atoms with Crippen LogP contribution in [0.3, 0.4) is 0 Å². The highest BCUT2D eigenvalue weighted by Gasteiger charge is 2.19. The number of rotatable bonds is 9. The standard InChI is InChI=1S/C24H31N7O2/c1-15(2)19-13-27-31-22(19)29-23(28-21(14-32)16(3)33)30-24(31)26-12-17-9-10-20(25-11-17)18-7-5-4-6-8-18/h4-5,7,9-11,13,15-16,21,32-33H,6,8,12,14H2,1-3H3,(H2,26,28,29,30)/t16-,21-/m0/s1. The molecule has 174 valence electrons. The fourth-order valence-electron chi connectivity index (χ4n) is 3.68. The van der Waals surface area contributed by atoms with Crippen LogP contribution in [-0.4, -0.2) is 53.5 Å². The van der Waals surface area contributed by atoms with Crippen molar-refractivity contribution in [3.05, 3.63) is 59.6 Å². The summed E-state index contributed by atoms with van der Waals surface area (Å²) in [6, 6.07) is 3.53. The lowest BCUT2D eigenvalue weighted by molar-refractivity contribution is 0.132. The quantitative estimate of drug-likeness (QED) is 0.393. The summed E-state index contributed by atoms with van der Waals surface area (Å²) in [5.41, 5.74) is 4.93. The van der Waals surface area contributed by atoms with E-state index >= 15 is 0 Å². The van der Waals surface area contributed by atoms with Gasteiger partial charge in [0.05, 0.1) is 30.6 Å². The third kappa shape index (κ3) is 5.20. The summed E-state index contributed by atoms with van der Waals surface area (Å²) in [4.78, 5) is 13.8. The summed E-state index contributed by atoms with van der Waals surface area (Å²) in [5.74, 6) is 1.06. The minimum absolute atomic E-state index is 0.226. The molecule has 0 radical (unpaired) electrons. The van der Waals surface area contributed by atoms with Crippen molar-refractivity contribution in [1.29, 1.82) is 0 Å². The molecule has 0 aliphatic heterocycles. The average Bonchev–Trinajstić information content (AvgIpc) is 3.26. The molecule has 1 aliphatic carbocycles. The zero-order valence-corrected chi connectivity index (χ0v) is 19.2. The Morgan fingerprint density at radius 3 is 2.64 bits per heavy atom. The van der Waals surface area contributed by atoms with Crippen LogP contribution in [0.15, 0.2) is 42.8 Å². The van der Waals surface area contributed by atoms with Gasteiger partial charge in [-0.15, -0.1) is 0 Å². The van der Waals surface area contributed by atoms with Gasteiger partial charge in [-0.1, -0.05) is 38.1 Å². The number of aliphatic hydroxyl groups excluding tert-OH is 2. The lowest BCUT2D eigenvalue weighted by Gasteiger charge is -2.19. The molecule has 0 saturated carbocycles. The zero-order valence-electron chi connectivity index (χ0n) is 19.2. The first-order chi connectivity index (χ1) is 16.0. The summed E-state index contributed by atoms with van der Waals surface area (Å²) < 4.78 is 1.68. The first kappa shape index (κ1) is 22.9. The topological polar surface area (TPSA) is 120 Å². The fraction of sp³-hybridized carbons (Fsp3) is 0.417. The van der Waals surface area contributed by atoms with Crippen LogP contribution in [0.1, 0.15) is 56.4 Å². The summed E-state index contributed by atoms with van der Waals surface area (Å²) >= 11 is 0. The molecule has 9 heteroatoms. The molecule has 0 saturated heterocycles. The highest BCUT2D eigenvalue weighted by Crippen LogP contribution is 2.24. The van der Waals surface area contributed by atoms with Crippen molar-refractivity contribution < 1.29 is 10.2 Å². The largest absolute Gasteiger partial charge is 0.394 e. The van der Waals surface area contributed by atoms with Crippen molar-refractivity contribution in [2.45, 2.75) is 58.2 Å². The van der Waals surface area contributed by atoms with Crippen LogP contribution in [0.25, 0.3) is 11.2 Å². The van der Waals surface area contributed by atoms with Gasteiger partial charge in [-0.05, 0) is 42.9 Å². The Balaban J connectivity index is 1.58. The molecule has 1 aliphatic rings. The van der Waals surface area contributed by atoms with Crippen molar-refractivity contribution in [2.75, 3.05) is 17.2 Å². The number of hydrogen-bond acceptors (Lipinski definition) is 8. The van der Waals surface area contributed by atoms with Crippen molar-refractivity contribution in [1.82, 2.24) is 24.6 Å². The van der Waals surface area contributed by atoms with Crippen LogP contribution in [0, 0.1) is 0 Å². The number of nitrogens with one attached hydrogen (secondary N) is 2. The summed E-state index contributed by atoms with van der Waals surface area (Å²) in [5, 5.41) is 30.3. The Bertz CT molecular complexity index is 1150. The Kier molecular flexibility index (Phi) is 7.00. The van der Waals surface area contributed by atoms with Crippen molar-refractivity contribution >= 4 is 23.1 Å². The molecule has 0 spiro atoms. The molecule has 0 unspecified atom stereocenters. The Hall–Kier alpha value is -3.30. The third-order valence-electron chi connectivity index (χ3n) is 5.73. The number of aliphatic hydroxyl groups is 2.